The molecule has 0 unspecified atom stereocenters. The van der Waals surface area contributed by atoms with E-state index in [0.717, 1.165) is 6.42 Å². The van der Waals surface area contributed by atoms with Crippen molar-refractivity contribution >= 4 is 11.8 Å². The van der Waals surface area contributed by atoms with Crippen LogP contribution >= 0.6 is 0 Å². The first-order chi connectivity index (χ1) is 8.17. The number of ether oxygens (including phenoxy) is 2. The van der Waals surface area contributed by atoms with Crippen molar-refractivity contribution in [1.29, 1.82) is 0 Å². The molecule has 1 rings (SSSR count). The summed E-state index contributed by atoms with van der Waals surface area (Å²) in [6.07, 6.45) is 2.32. The van der Waals surface area contributed by atoms with Gasteiger partial charge in [-0.3, -0.25) is 4.79 Å². The normalized spacial score (nSPS) is 9.82. The fourth-order valence-corrected chi connectivity index (χ4v) is 1.16. The predicted molar refractivity (Wildman–Crippen MR) is 63.1 cm³/mol. The maximum atomic E-state index is 11.1. The fraction of sp³-hybridized carbons (Fsp3) is 0.545. The van der Waals surface area contributed by atoms with Gasteiger partial charge in [0, 0.05) is 13.1 Å². The molecule has 0 aliphatic heterocycles. The average Bonchev–Trinajstić information content (AvgIpc) is 2.36. The number of anilines is 1. The molecular weight excluding hydrogens is 222 g/mol. The van der Waals surface area contributed by atoms with E-state index >= 15 is 0 Å². The number of aromatic nitrogens is 2. The lowest BCUT2D eigenvalue weighted by Gasteiger charge is -2.16. The van der Waals surface area contributed by atoms with Gasteiger partial charge in [-0.25, -0.2) is 9.97 Å². The van der Waals surface area contributed by atoms with Crippen LogP contribution in [-0.2, 0) is 9.53 Å². The van der Waals surface area contributed by atoms with Gasteiger partial charge in [0.2, 0.25) is 5.88 Å². The smallest absolute Gasteiger partial charge is 0.325 e. The van der Waals surface area contributed by atoms with Crippen LogP contribution < -0.4 is 9.64 Å². The van der Waals surface area contributed by atoms with Gasteiger partial charge in [0.05, 0.1) is 13.7 Å². The molecule has 0 radical (unpaired) electrons. The standard InChI is InChI=1S/C11H17N3O3/c1-4-5-17-10-6-9(12-8-13-10)14(2)7-11(15)16-3/h6,8H,4-5,7H2,1-3H3. The first-order valence-electron chi connectivity index (χ1n) is 5.40. The van der Waals surface area contributed by atoms with Crippen molar-refractivity contribution in [2.45, 2.75) is 13.3 Å². The van der Waals surface area contributed by atoms with E-state index < -0.39 is 0 Å². The number of hydrogen-bond acceptors (Lipinski definition) is 6. The molecule has 0 amide bonds. The van der Waals surface area contributed by atoms with E-state index in [1.807, 2.05) is 6.92 Å². The lowest BCUT2D eigenvalue weighted by molar-refractivity contribution is -0.138. The molecule has 0 spiro atoms. The molecule has 17 heavy (non-hydrogen) atoms. The number of carbonyl (C=O) groups excluding carboxylic acids is 1. The Kier molecular flexibility index (Phi) is 5.19. The number of methoxy groups -OCH3 is 1. The second kappa shape index (κ2) is 6.67. The fourth-order valence-electron chi connectivity index (χ4n) is 1.16. The van der Waals surface area contributed by atoms with Crippen molar-refractivity contribution in [2.75, 3.05) is 32.2 Å². The van der Waals surface area contributed by atoms with Crippen LogP contribution in [-0.4, -0.2) is 43.2 Å². The minimum Gasteiger partial charge on any atom is -0.478 e. The van der Waals surface area contributed by atoms with E-state index in [1.165, 1.54) is 13.4 Å². The van der Waals surface area contributed by atoms with Gasteiger partial charge >= 0.3 is 5.97 Å². The molecule has 1 aromatic rings. The van der Waals surface area contributed by atoms with Crippen LogP contribution in [0.2, 0.25) is 0 Å². The molecule has 0 saturated heterocycles. The first kappa shape index (κ1) is 13.2. The molecular formula is C11H17N3O3. The second-order valence-electron chi connectivity index (χ2n) is 3.50. The molecule has 0 aliphatic carbocycles. The van der Waals surface area contributed by atoms with Crippen molar-refractivity contribution in [1.82, 2.24) is 9.97 Å². The number of hydrogen-bond donors (Lipinski definition) is 0. The van der Waals surface area contributed by atoms with Gasteiger partial charge in [-0.05, 0) is 6.42 Å². The highest BCUT2D eigenvalue weighted by molar-refractivity contribution is 5.75. The maximum absolute atomic E-state index is 11.1. The first-order valence-corrected chi connectivity index (χ1v) is 5.40. The molecule has 0 aromatic carbocycles. The zero-order chi connectivity index (χ0) is 12.7. The van der Waals surface area contributed by atoms with Crippen LogP contribution in [0.5, 0.6) is 5.88 Å². The van der Waals surface area contributed by atoms with Gasteiger partial charge in [0.25, 0.3) is 0 Å². The zero-order valence-electron chi connectivity index (χ0n) is 10.3. The third kappa shape index (κ3) is 4.26. The summed E-state index contributed by atoms with van der Waals surface area (Å²) in [7, 11) is 3.11. The summed E-state index contributed by atoms with van der Waals surface area (Å²) >= 11 is 0. The minimum absolute atomic E-state index is 0.140. The van der Waals surface area contributed by atoms with Crippen molar-refractivity contribution in [2.24, 2.45) is 0 Å². The highest BCUT2D eigenvalue weighted by Crippen LogP contribution is 2.14. The second-order valence-corrected chi connectivity index (χ2v) is 3.50. The molecule has 0 N–H and O–H groups in total. The SMILES string of the molecule is CCCOc1cc(N(C)CC(=O)OC)ncn1. The summed E-state index contributed by atoms with van der Waals surface area (Å²) < 4.78 is 9.97. The number of carbonyl (C=O) groups is 1. The summed E-state index contributed by atoms with van der Waals surface area (Å²) in [5.41, 5.74) is 0. The highest BCUT2D eigenvalue weighted by Gasteiger charge is 2.09. The Morgan fingerprint density at radius 2 is 2.24 bits per heavy atom. The molecule has 0 atom stereocenters. The minimum atomic E-state index is -0.317. The molecule has 6 nitrogen and oxygen atoms in total. The largest absolute Gasteiger partial charge is 0.478 e. The molecule has 0 bridgehead atoms. The molecule has 0 fully saturated rings. The van der Waals surface area contributed by atoms with Gasteiger partial charge < -0.3 is 14.4 Å². The molecule has 1 aromatic heterocycles. The van der Waals surface area contributed by atoms with Crippen molar-refractivity contribution in [3.8, 4) is 5.88 Å². The van der Waals surface area contributed by atoms with Crippen LogP contribution in [0.15, 0.2) is 12.4 Å². The highest BCUT2D eigenvalue weighted by atomic mass is 16.5. The lowest BCUT2D eigenvalue weighted by atomic mass is 10.4. The summed E-state index contributed by atoms with van der Waals surface area (Å²) in [4.78, 5) is 20.8. The molecule has 1 heterocycles. The van der Waals surface area contributed by atoms with Crippen molar-refractivity contribution in [3.05, 3.63) is 12.4 Å². The molecule has 0 aliphatic rings. The van der Waals surface area contributed by atoms with E-state index in [0.29, 0.717) is 18.3 Å². The summed E-state index contributed by atoms with van der Waals surface area (Å²) in [6.45, 7) is 2.77. The Labute approximate surface area is 101 Å². The van der Waals surface area contributed by atoms with Crippen LogP contribution in [0.1, 0.15) is 13.3 Å². The number of nitrogens with zero attached hydrogens (tertiary/aromatic N) is 3. The van der Waals surface area contributed by atoms with E-state index in [4.69, 9.17) is 4.74 Å². The Morgan fingerprint density at radius 1 is 1.47 bits per heavy atom. The molecule has 6 heteroatoms. The van der Waals surface area contributed by atoms with E-state index in [2.05, 4.69) is 14.7 Å². The van der Waals surface area contributed by atoms with E-state index in [-0.39, 0.29) is 12.5 Å². The zero-order valence-corrected chi connectivity index (χ0v) is 10.3. The third-order valence-corrected chi connectivity index (χ3v) is 2.07. The monoisotopic (exact) mass is 239 g/mol. The summed E-state index contributed by atoms with van der Waals surface area (Å²) in [5.74, 6) is 0.812. The Hall–Kier alpha value is -1.85. The predicted octanol–water partition coefficient (Wildman–Crippen LogP) is 0.875. The number of esters is 1. The van der Waals surface area contributed by atoms with Gasteiger partial charge in [0.1, 0.15) is 18.7 Å². The average molecular weight is 239 g/mol. The van der Waals surface area contributed by atoms with Crippen LogP contribution in [0.4, 0.5) is 5.82 Å². The maximum Gasteiger partial charge on any atom is 0.325 e. The van der Waals surface area contributed by atoms with Gasteiger partial charge in [-0.1, -0.05) is 6.92 Å². The Bertz CT molecular complexity index is 371. The molecule has 0 saturated carbocycles. The van der Waals surface area contributed by atoms with E-state index in [1.54, 1.807) is 18.0 Å². The Morgan fingerprint density at radius 3 is 2.88 bits per heavy atom. The van der Waals surface area contributed by atoms with Crippen LogP contribution in [0.25, 0.3) is 0 Å². The number of rotatable bonds is 6. The lowest BCUT2D eigenvalue weighted by Crippen LogP contribution is -2.27. The van der Waals surface area contributed by atoms with Gasteiger partial charge in [-0.2, -0.15) is 0 Å². The Balaban J connectivity index is 2.66. The number of likely N-dealkylation sites (N-methyl/N-ethyl adjacent to an activating group) is 1. The third-order valence-electron chi connectivity index (χ3n) is 2.07. The van der Waals surface area contributed by atoms with Gasteiger partial charge in [-0.15, -0.1) is 0 Å². The summed E-state index contributed by atoms with van der Waals surface area (Å²) in [5, 5.41) is 0. The van der Waals surface area contributed by atoms with E-state index in [9.17, 15) is 4.79 Å². The van der Waals surface area contributed by atoms with Crippen molar-refractivity contribution in [3.63, 3.8) is 0 Å². The van der Waals surface area contributed by atoms with Crippen LogP contribution in [0, 0.1) is 0 Å². The quantitative estimate of drug-likeness (QED) is 0.686. The topological polar surface area (TPSA) is 64.5 Å². The van der Waals surface area contributed by atoms with Crippen LogP contribution in [0.3, 0.4) is 0 Å². The van der Waals surface area contributed by atoms with Gasteiger partial charge in [0.15, 0.2) is 0 Å². The van der Waals surface area contributed by atoms with Crippen molar-refractivity contribution < 1.29 is 14.3 Å². The summed E-state index contributed by atoms with van der Waals surface area (Å²) in [6, 6.07) is 1.69. The molecule has 94 valence electrons.